The van der Waals surface area contributed by atoms with Crippen LogP contribution in [0.25, 0.3) is 0 Å². The van der Waals surface area contributed by atoms with Crippen LogP contribution in [0.5, 0.6) is 0 Å². The summed E-state index contributed by atoms with van der Waals surface area (Å²) in [4.78, 5) is 34.5. The Morgan fingerprint density at radius 1 is 1.15 bits per heavy atom. The molecule has 0 radical (unpaired) electrons. The third-order valence-corrected chi connectivity index (χ3v) is 7.85. The average Bonchev–Trinajstić information content (AvgIpc) is 3.30. The number of likely N-dealkylation sites (N-methyl/N-ethyl adjacent to an activating group) is 1. The van der Waals surface area contributed by atoms with Crippen LogP contribution in [0.1, 0.15) is 51.7 Å². The van der Waals surface area contributed by atoms with E-state index >= 15 is 0 Å². The molecule has 7 heteroatoms. The molecule has 1 aliphatic heterocycles. The smallest absolute Gasteiger partial charge is 0.277 e. The second kappa shape index (κ2) is 8.88. The van der Waals surface area contributed by atoms with Crippen LogP contribution in [0.4, 0.5) is 16.4 Å². The van der Waals surface area contributed by atoms with Gasteiger partial charge >= 0.3 is 0 Å². The summed E-state index contributed by atoms with van der Waals surface area (Å²) < 4.78 is 0.891. The predicted octanol–water partition coefficient (Wildman–Crippen LogP) is 6.44. The van der Waals surface area contributed by atoms with Gasteiger partial charge in [-0.25, -0.2) is 4.99 Å². The Morgan fingerprint density at radius 3 is 2.67 bits per heavy atom. The van der Waals surface area contributed by atoms with Gasteiger partial charge in [0.15, 0.2) is 0 Å². The molecule has 168 valence electrons. The Hall–Kier alpha value is -2.77. The number of rotatable bonds is 4. The number of aliphatic imine (C=N–C) groups is 1. The molecule has 2 heterocycles. The molecule has 2 amide bonds. The van der Waals surface area contributed by atoms with Crippen LogP contribution in [-0.4, -0.2) is 24.1 Å². The zero-order valence-corrected chi connectivity index (χ0v) is 21.0. The maximum absolute atomic E-state index is 13.5. The van der Waals surface area contributed by atoms with Crippen LogP contribution >= 0.6 is 27.3 Å². The fraction of sp³-hybridized carbons (Fsp3) is 0.269. The molecule has 0 bridgehead atoms. The molecule has 2 aromatic carbocycles. The Kier molecular flexibility index (Phi) is 5.93. The molecule has 1 aliphatic carbocycles. The maximum Gasteiger partial charge on any atom is 0.277 e. The van der Waals surface area contributed by atoms with Gasteiger partial charge in [-0.2, -0.15) is 0 Å². The molecule has 5 nitrogen and oxygen atoms in total. The fourth-order valence-corrected chi connectivity index (χ4v) is 6.13. The van der Waals surface area contributed by atoms with Gasteiger partial charge < -0.3 is 10.2 Å². The van der Waals surface area contributed by atoms with Gasteiger partial charge in [-0.05, 0) is 75.4 Å². The lowest BCUT2D eigenvalue weighted by Crippen LogP contribution is -2.29. The van der Waals surface area contributed by atoms with Gasteiger partial charge in [-0.3, -0.25) is 9.59 Å². The molecule has 0 spiro atoms. The van der Waals surface area contributed by atoms with Crippen LogP contribution in [0.2, 0.25) is 0 Å². The number of fused-ring (bicyclic) bond motifs is 2. The van der Waals surface area contributed by atoms with E-state index in [0.29, 0.717) is 22.8 Å². The van der Waals surface area contributed by atoms with E-state index in [4.69, 9.17) is 4.99 Å². The van der Waals surface area contributed by atoms with Gasteiger partial charge in [0.1, 0.15) is 10.7 Å². The molecule has 0 saturated carbocycles. The number of hydrogen-bond donors (Lipinski definition) is 1. The Labute approximate surface area is 205 Å². The van der Waals surface area contributed by atoms with Gasteiger partial charge in [0, 0.05) is 27.1 Å². The average molecular weight is 522 g/mol. The predicted molar refractivity (Wildman–Crippen MR) is 138 cm³/mol. The maximum atomic E-state index is 13.5. The minimum atomic E-state index is -0.162. The quantitative estimate of drug-likeness (QED) is 0.429. The Balaban J connectivity index is 1.60. The van der Waals surface area contributed by atoms with Crippen molar-refractivity contribution in [1.29, 1.82) is 0 Å². The van der Waals surface area contributed by atoms with Crippen molar-refractivity contribution < 1.29 is 9.59 Å². The third-order valence-electron chi connectivity index (χ3n) is 6.17. The van der Waals surface area contributed by atoms with E-state index < -0.39 is 0 Å². The minimum Gasteiger partial charge on any atom is -0.322 e. The number of nitrogens with one attached hydrogen (secondary N) is 1. The molecule has 1 aromatic heterocycles. The molecule has 0 unspecified atom stereocenters. The number of thiophene rings is 1. The third kappa shape index (κ3) is 4.04. The summed E-state index contributed by atoms with van der Waals surface area (Å²) in [6.07, 6.45) is 3.99. The summed E-state index contributed by atoms with van der Waals surface area (Å²) in [6.45, 7) is 4.54. The summed E-state index contributed by atoms with van der Waals surface area (Å²) in [7, 11) is 0. The molecule has 0 saturated heterocycles. The van der Waals surface area contributed by atoms with Crippen LogP contribution in [0, 0.1) is 6.92 Å². The summed E-state index contributed by atoms with van der Waals surface area (Å²) in [5.41, 5.74) is 5.64. The van der Waals surface area contributed by atoms with Crippen molar-refractivity contribution in [2.24, 2.45) is 4.99 Å². The Morgan fingerprint density at radius 2 is 1.91 bits per heavy atom. The van der Waals surface area contributed by atoms with Crippen LogP contribution in [0.15, 0.2) is 51.9 Å². The highest BCUT2D eigenvalue weighted by molar-refractivity contribution is 9.10. The van der Waals surface area contributed by atoms with Gasteiger partial charge in [0.05, 0.1) is 11.3 Å². The lowest BCUT2D eigenvalue weighted by Gasteiger charge is -2.13. The first kappa shape index (κ1) is 22.0. The highest BCUT2D eigenvalue weighted by Gasteiger charge is 2.34. The molecule has 0 fully saturated rings. The number of amides is 2. The van der Waals surface area contributed by atoms with Crippen molar-refractivity contribution in [3.63, 3.8) is 0 Å². The fourth-order valence-electron chi connectivity index (χ4n) is 4.50. The monoisotopic (exact) mass is 521 g/mol. The standard InChI is InChI=1S/C26H24BrN3O2S/c1-3-30-20-13-10-16(27)14-19(20)23(26(30)32)29-25-22(18-6-4-5-7-21(18)33-25)24(31)28-17-11-8-15(2)9-12-17/h8-14H,3-7H2,1-2H3,(H,28,31). The first-order valence-electron chi connectivity index (χ1n) is 11.2. The van der Waals surface area contributed by atoms with Gasteiger partial charge in [0.2, 0.25) is 0 Å². The number of halogens is 1. The molecular weight excluding hydrogens is 498 g/mol. The Bertz CT molecular complexity index is 1290. The normalized spacial score (nSPS) is 16.2. The van der Waals surface area contributed by atoms with Crippen molar-refractivity contribution in [3.05, 3.63) is 74.1 Å². The number of carbonyl (C=O) groups is 2. The van der Waals surface area contributed by atoms with Gasteiger partial charge in [-0.1, -0.05) is 33.6 Å². The summed E-state index contributed by atoms with van der Waals surface area (Å²) >= 11 is 5.07. The van der Waals surface area contributed by atoms with Crippen molar-refractivity contribution in [2.75, 3.05) is 16.8 Å². The van der Waals surface area contributed by atoms with E-state index in [1.165, 1.54) is 4.88 Å². The first-order chi connectivity index (χ1) is 16.0. The van der Waals surface area contributed by atoms with E-state index in [-0.39, 0.29) is 11.8 Å². The minimum absolute atomic E-state index is 0.123. The van der Waals surface area contributed by atoms with Crippen LogP contribution in [0.3, 0.4) is 0 Å². The molecule has 1 N–H and O–H groups in total. The van der Waals surface area contributed by atoms with Crippen molar-refractivity contribution in [3.8, 4) is 0 Å². The van der Waals surface area contributed by atoms with Crippen LogP contribution in [-0.2, 0) is 17.6 Å². The van der Waals surface area contributed by atoms with Crippen molar-refractivity contribution >= 4 is 61.2 Å². The zero-order chi connectivity index (χ0) is 23.1. The molecule has 3 aromatic rings. The molecule has 2 aliphatic rings. The second-order valence-electron chi connectivity index (χ2n) is 8.38. The largest absolute Gasteiger partial charge is 0.322 e. The number of benzene rings is 2. The first-order valence-corrected chi connectivity index (χ1v) is 12.8. The summed E-state index contributed by atoms with van der Waals surface area (Å²) in [5, 5.41) is 3.67. The molecular formula is C26H24BrN3O2S. The van der Waals surface area contributed by atoms with E-state index in [1.54, 1.807) is 16.2 Å². The SMILES string of the molecule is CCN1C(=O)C(=Nc2sc3c(c2C(=O)Nc2ccc(C)cc2)CCCC3)c2cc(Br)ccc21. The number of aryl methyl sites for hydroxylation is 2. The van der Waals surface area contributed by atoms with E-state index in [1.807, 2.05) is 56.3 Å². The van der Waals surface area contributed by atoms with Gasteiger partial charge in [0.25, 0.3) is 11.8 Å². The van der Waals surface area contributed by atoms with Crippen molar-refractivity contribution in [2.45, 2.75) is 39.5 Å². The van der Waals surface area contributed by atoms with E-state index in [9.17, 15) is 9.59 Å². The second-order valence-corrected chi connectivity index (χ2v) is 10.4. The lowest BCUT2D eigenvalue weighted by atomic mass is 9.95. The highest BCUT2D eigenvalue weighted by atomic mass is 79.9. The molecule has 33 heavy (non-hydrogen) atoms. The number of carbonyl (C=O) groups excluding carboxylic acids is 2. The van der Waals surface area contributed by atoms with Crippen LogP contribution < -0.4 is 10.2 Å². The number of anilines is 2. The van der Waals surface area contributed by atoms with E-state index in [0.717, 1.165) is 58.2 Å². The van der Waals surface area contributed by atoms with Gasteiger partial charge in [-0.15, -0.1) is 11.3 Å². The lowest BCUT2D eigenvalue weighted by molar-refractivity contribution is -0.112. The number of nitrogens with zero attached hydrogens (tertiary/aromatic N) is 2. The zero-order valence-electron chi connectivity index (χ0n) is 18.6. The molecule has 5 rings (SSSR count). The molecule has 0 atom stereocenters. The van der Waals surface area contributed by atoms with E-state index in [2.05, 4.69) is 21.2 Å². The summed E-state index contributed by atoms with van der Waals surface area (Å²) in [5.74, 6) is -0.285. The highest BCUT2D eigenvalue weighted by Crippen LogP contribution is 2.42. The topological polar surface area (TPSA) is 61.8 Å². The number of hydrogen-bond acceptors (Lipinski definition) is 4. The van der Waals surface area contributed by atoms with Crippen molar-refractivity contribution in [1.82, 2.24) is 0 Å². The summed E-state index contributed by atoms with van der Waals surface area (Å²) in [6, 6.07) is 13.6.